The Kier molecular flexibility index (Phi) is 6.28. The van der Waals surface area contributed by atoms with E-state index in [1.165, 1.54) is 18.4 Å². The van der Waals surface area contributed by atoms with Crippen molar-refractivity contribution in [1.29, 1.82) is 0 Å². The molecule has 0 bridgehead atoms. The topological polar surface area (TPSA) is 75.7 Å². The van der Waals surface area contributed by atoms with Crippen molar-refractivity contribution in [3.8, 4) is 0 Å². The molecule has 1 aliphatic heterocycles. The highest BCUT2D eigenvalue weighted by atomic mass is 79.9. The third-order valence-corrected chi connectivity index (χ3v) is 6.10. The molecule has 1 N–H and O–H groups in total. The van der Waals surface area contributed by atoms with Crippen LogP contribution < -0.4 is 10.2 Å². The molecule has 0 radical (unpaired) electrons. The van der Waals surface area contributed by atoms with Crippen LogP contribution in [0.3, 0.4) is 0 Å². The molecule has 2 aromatic rings. The number of ether oxygens (including phenoxy) is 1. The summed E-state index contributed by atoms with van der Waals surface area (Å²) < 4.78 is 5.54. The second-order valence-corrected chi connectivity index (χ2v) is 8.05. The minimum atomic E-state index is -0.468. The molecule has 1 aromatic carbocycles. The Bertz CT molecular complexity index is 840. The van der Waals surface area contributed by atoms with Gasteiger partial charge in [-0.2, -0.15) is 0 Å². The summed E-state index contributed by atoms with van der Waals surface area (Å²) in [7, 11) is 1.32. The molecule has 8 heteroatoms. The fourth-order valence-corrected chi connectivity index (χ4v) is 4.32. The first-order chi connectivity index (χ1) is 13.0. The van der Waals surface area contributed by atoms with Crippen molar-refractivity contribution in [3.63, 3.8) is 0 Å². The van der Waals surface area contributed by atoms with Crippen molar-refractivity contribution < 1.29 is 19.1 Å². The Morgan fingerprint density at radius 2 is 2.11 bits per heavy atom. The summed E-state index contributed by atoms with van der Waals surface area (Å²) in [5.74, 6) is -1.20. The number of carbonyl (C=O) groups excluding carboxylic acids is 3. The summed E-state index contributed by atoms with van der Waals surface area (Å²) in [5, 5.41) is 4.80. The first kappa shape index (κ1) is 19.6. The van der Waals surface area contributed by atoms with Gasteiger partial charge in [0.15, 0.2) is 0 Å². The number of hydrogen-bond acceptors (Lipinski definition) is 5. The fraction of sp³-hybridized carbons (Fsp3) is 0.316. The first-order valence-electron chi connectivity index (χ1n) is 8.45. The highest BCUT2D eigenvalue weighted by Gasteiger charge is 2.36. The van der Waals surface area contributed by atoms with Crippen LogP contribution in [0.2, 0.25) is 0 Å². The van der Waals surface area contributed by atoms with Crippen molar-refractivity contribution in [3.05, 3.63) is 51.1 Å². The predicted octanol–water partition coefficient (Wildman–Crippen LogP) is 3.28. The average molecular weight is 451 g/mol. The molecule has 2 heterocycles. The van der Waals surface area contributed by atoms with Crippen LogP contribution in [0.4, 0.5) is 5.69 Å². The van der Waals surface area contributed by atoms with E-state index in [1.54, 1.807) is 4.90 Å². The number of carbonyl (C=O) groups is 3. The van der Waals surface area contributed by atoms with Crippen LogP contribution in [0.1, 0.15) is 23.8 Å². The molecule has 2 amide bonds. The van der Waals surface area contributed by atoms with Gasteiger partial charge in [-0.25, -0.2) is 0 Å². The van der Waals surface area contributed by atoms with Gasteiger partial charge in [-0.15, -0.1) is 11.3 Å². The lowest BCUT2D eigenvalue weighted by atomic mass is 10.1. The number of nitrogens with one attached hydrogen (secondary N) is 1. The lowest BCUT2D eigenvalue weighted by Gasteiger charge is -2.20. The van der Waals surface area contributed by atoms with Crippen LogP contribution >= 0.6 is 27.3 Å². The summed E-state index contributed by atoms with van der Waals surface area (Å²) in [6.45, 7) is 0.308. The zero-order valence-corrected chi connectivity index (χ0v) is 17.1. The molecule has 0 unspecified atom stereocenters. The van der Waals surface area contributed by atoms with Crippen molar-refractivity contribution in [2.75, 3.05) is 18.6 Å². The Balaban J connectivity index is 1.71. The van der Waals surface area contributed by atoms with E-state index in [1.807, 2.05) is 41.8 Å². The van der Waals surface area contributed by atoms with E-state index >= 15 is 0 Å². The molecule has 27 heavy (non-hydrogen) atoms. The van der Waals surface area contributed by atoms with E-state index < -0.39 is 17.9 Å². The third kappa shape index (κ3) is 4.56. The average Bonchev–Trinajstić information content (AvgIpc) is 3.31. The summed E-state index contributed by atoms with van der Waals surface area (Å²) in [5.41, 5.74) is 0.752. The molecule has 1 saturated heterocycles. The Labute approximate surface area is 169 Å². The van der Waals surface area contributed by atoms with E-state index in [2.05, 4.69) is 21.2 Å². The summed E-state index contributed by atoms with van der Waals surface area (Å²) in [6, 6.07) is 10.7. The van der Waals surface area contributed by atoms with Gasteiger partial charge in [0.2, 0.25) is 11.8 Å². The molecule has 0 aliphatic carbocycles. The van der Waals surface area contributed by atoms with Crippen LogP contribution in [-0.2, 0) is 19.1 Å². The minimum absolute atomic E-state index is 0.0529. The summed E-state index contributed by atoms with van der Waals surface area (Å²) in [6.07, 6.45) is 0.194. The summed E-state index contributed by atoms with van der Waals surface area (Å²) >= 11 is 4.91. The van der Waals surface area contributed by atoms with Crippen LogP contribution in [0.25, 0.3) is 0 Å². The van der Waals surface area contributed by atoms with Gasteiger partial charge in [-0.1, -0.05) is 18.2 Å². The molecule has 1 aromatic heterocycles. The standard InChI is InChI=1S/C19H19BrN2O4S/c1-26-18(24)10-14(16-7-4-8-27-16)21-19(25)12-9-17(23)22(11-12)15-6-3-2-5-13(15)20/h2-8,12,14H,9-11H2,1H3,(H,21,25)/t12-,14+/m1/s1. The molecular weight excluding hydrogens is 432 g/mol. The molecule has 3 rings (SSSR count). The largest absolute Gasteiger partial charge is 0.469 e. The number of rotatable bonds is 6. The number of thiophene rings is 1. The van der Waals surface area contributed by atoms with Crippen molar-refractivity contribution in [2.24, 2.45) is 5.92 Å². The van der Waals surface area contributed by atoms with E-state index in [9.17, 15) is 14.4 Å². The maximum atomic E-state index is 12.8. The van der Waals surface area contributed by atoms with Crippen LogP contribution in [0, 0.1) is 5.92 Å². The number of para-hydroxylation sites is 1. The van der Waals surface area contributed by atoms with E-state index in [-0.39, 0.29) is 24.7 Å². The van der Waals surface area contributed by atoms with Gasteiger partial charge in [0, 0.05) is 22.3 Å². The molecule has 1 fully saturated rings. The number of hydrogen-bond donors (Lipinski definition) is 1. The molecule has 0 saturated carbocycles. The number of methoxy groups -OCH3 is 1. The van der Waals surface area contributed by atoms with Gasteiger partial charge in [-0.3, -0.25) is 14.4 Å². The van der Waals surface area contributed by atoms with Crippen LogP contribution in [0.5, 0.6) is 0 Å². The van der Waals surface area contributed by atoms with Gasteiger partial charge in [-0.05, 0) is 39.5 Å². The number of anilines is 1. The predicted molar refractivity (Wildman–Crippen MR) is 106 cm³/mol. The van der Waals surface area contributed by atoms with E-state index in [0.717, 1.165) is 15.0 Å². The molecule has 0 spiro atoms. The minimum Gasteiger partial charge on any atom is -0.469 e. The highest BCUT2D eigenvalue weighted by Crippen LogP contribution is 2.32. The van der Waals surface area contributed by atoms with Gasteiger partial charge in [0.25, 0.3) is 0 Å². The number of benzene rings is 1. The van der Waals surface area contributed by atoms with Crippen LogP contribution in [-0.4, -0.2) is 31.4 Å². The zero-order chi connectivity index (χ0) is 19.4. The first-order valence-corrected chi connectivity index (χ1v) is 10.1. The van der Waals surface area contributed by atoms with Gasteiger partial charge < -0.3 is 15.0 Å². The van der Waals surface area contributed by atoms with Crippen molar-refractivity contribution in [2.45, 2.75) is 18.9 Å². The maximum absolute atomic E-state index is 12.8. The smallest absolute Gasteiger partial charge is 0.307 e. The Morgan fingerprint density at radius 3 is 2.78 bits per heavy atom. The van der Waals surface area contributed by atoms with Crippen molar-refractivity contribution in [1.82, 2.24) is 5.32 Å². The normalized spacial score (nSPS) is 17.6. The molecular formula is C19H19BrN2O4S. The quantitative estimate of drug-likeness (QED) is 0.685. The fourth-order valence-electron chi connectivity index (χ4n) is 3.04. The molecule has 1 aliphatic rings. The van der Waals surface area contributed by atoms with Crippen molar-refractivity contribution >= 4 is 50.7 Å². The second kappa shape index (κ2) is 8.67. The van der Waals surface area contributed by atoms with E-state index in [4.69, 9.17) is 4.74 Å². The lowest BCUT2D eigenvalue weighted by Crippen LogP contribution is -2.36. The number of nitrogens with zero attached hydrogens (tertiary/aromatic N) is 1. The maximum Gasteiger partial charge on any atom is 0.307 e. The Morgan fingerprint density at radius 1 is 1.33 bits per heavy atom. The van der Waals surface area contributed by atoms with E-state index in [0.29, 0.717) is 6.54 Å². The summed E-state index contributed by atoms with van der Waals surface area (Å²) in [4.78, 5) is 39.4. The Hall–Kier alpha value is -2.19. The zero-order valence-electron chi connectivity index (χ0n) is 14.7. The third-order valence-electron chi connectivity index (χ3n) is 4.44. The van der Waals surface area contributed by atoms with Crippen LogP contribution in [0.15, 0.2) is 46.3 Å². The number of esters is 1. The molecule has 6 nitrogen and oxygen atoms in total. The second-order valence-electron chi connectivity index (χ2n) is 6.21. The molecule has 142 valence electrons. The lowest BCUT2D eigenvalue weighted by molar-refractivity contribution is -0.141. The van der Waals surface area contributed by atoms with Gasteiger partial charge in [0.1, 0.15) is 0 Å². The van der Waals surface area contributed by atoms with Gasteiger partial charge in [0.05, 0.1) is 31.2 Å². The highest BCUT2D eigenvalue weighted by molar-refractivity contribution is 9.10. The number of amides is 2. The number of halogens is 1. The molecule has 2 atom stereocenters. The SMILES string of the molecule is COC(=O)C[C@H](NC(=O)[C@@H]1CC(=O)N(c2ccccc2Br)C1)c1cccs1. The monoisotopic (exact) mass is 450 g/mol. The van der Waals surface area contributed by atoms with Gasteiger partial charge >= 0.3 is 5.97 Å².